The van der Waals surface area contributed by atoms with E-state index in [1.807, 2.05) is 12.1 Å². The van der Waals surface area contributed by atoms with E-state index in [2.05, 4.69) is 22.0 Å². The van der Waals surface area contributed by atoms with Gasteiger partial charge in [-0.1, -0.05) is 15.9 Å². The molecule has 0 amide bonds. The average Bonchev–Trinajstić information content (AvgIpc) is 2.29. The first-order valence-electron chi connectivity index (χ1n) is 4.79. The summed E-state index contributed by atoms with van der Waals surface area (Å²) in [6.45, 7) is 1.82. The van der Waals surface area contributed by atoms with Gasteiger partial charge in [-0.05, 0) is 23.8 Å². The first kappa shape index (κ1) is 10.9. The lowest BCUT2D eigenvalue weighted by Gasteiger charge is -2.23. The molecule has 1 aliphatic heterocycles. The van der Waals surface area contributed by atoms with Crippen molar-refractivity contribution < 1.29 is 14.2 Å². The highest BCUT2D eigenvalue weighted by atomic mass is 79.9. The van der Waals surface area contributed by atoms with Gasteiger partial charge in [-0.3, -0.25) is 0 Å². The van der Waals surface area contributed by atoms with Crippen LogP contribution in [0.3, 0.4) is 0 Å². The molecule has 1 saturated heterocycles. The fourth-order valence-electron chi connectivity index (χ4n) is 1.62. The van der Waals surface area contributed by atoms with E-state index >= 15 is 0 Å². The van der Waals surface area contributed by atoms with Crippen molar-refractivity contribution in [2.75, 3.05) is 27.1 Å². The van der Waals surface area contributed by atoms with Crippen LogP contribution in [0.5, 0.6) is 5.75 Å². The highest BCUT2D eigenvalue weighted by Gasteiger charge is 2.17. The van der Waals surface area contributed by atoms with Crippen molar-refractivity contribution in [1.29, 1.82) is 0 Å². The van der Waals surface area contributed by atoms with Crippen molar-refractivity contribution in [1.82, 2.24) is 0 Å². The first-order chi connectivity index (χ1) is 7.29. The van der Waals surface area contributed by atoms with Crippen molar-refractivity contribution in [3.63, 3.8) is 0 Å². The molecule has 0 saturated carbocycles. The topological polar surface area (TPSA) is 27.7 Å². The zero-order chi connectivity index (χ0) is 10.7. The van der Waals surface area contributed by atoms with Gasteiger partial charge in [0.25, 0.3) is 0 Å². The van der Waals surface area contributed by atoms with Crippen LogP contribution in [0.4, 0.5) is 0 Å². The molecule has 4 heteroatoms. The maximum absolute atomic E-state index is 5.27. The molecule has 1 fully saturated rings. The van der Waals surface area contributed by atoms with Crippen molar-refractivity contribution in [3.05, 3.63) is 28.2 Å². The molecule has 82 valence electrons. The highest BCUT2D eigenvalue weighted by molar-refractivity contribution is 9.10. The lowest BCUT2D eigenvalue weighted by molar-refractivity contribution is -0.108. The lowest BCUT2D eigenvalue weighted by atomic mass is 10.0. The molecule has 0 bridgehead atoms. The first-order valence-corrected chi connectivity index (χ1v) is 5.59. The van der Waals surface area contributed by atoms with Crippen LogP contribution >= 0.6 is 15.9 Å². The van der Waals surface area contributed by atoms with Crippen LogP contribution in [-0.2, 0) is 9.47 Å². The van der Waals surface area contributed by atoms with E-state index < -0.39 is 0 Å². The summed E-state index contributed by atoms with van der Waals surface area (Å²) in [7, 11) is 1.67. The Morgan fingerprint density at radius 1 is 1.27 bits per heavy atom. The Kier molecular flexibility index (Phi) is 3.61. The monoisotopic (exact) mass is 272 g/mol. The zero-order valence-electron chi connectivity index (χ0n) is 8.53. The molecule has 2 rings (SSSR count). The van der Waals surface area contributed by atoms with E-state index in [1.165, 1.54) is 5.56 Å². The molecule has 3 nitrogen and oxygen atoms in total. The van der Waals surface area contributed by atoms with Gasteiger partial charge in [-0.25, -0.2) is 0 Å². The molecule has 15 heavy (non-hydrogen) atoms. The van der Waals surface area contributed by atoms with Gasteiger partial charge in [0.1, 0.15) is 12.5 Å². The number of hydrogen-bond acceptors (Lipinski definition) is 3. The molecule has 1 aromatic rings. The van der Waals surface area contributed by atoms with Gasteiger partial charge in [0.2, 0.25) is 0 Å². The minimum absolute atomic E-state index is 0.296. The molecule has 0 radical (unpaired) electrons. The number of benzene rings is 1. The van der Waals surface area contributed by atoms with Crippen molar-refractivity contribution in [2.24, 2.45) is 0 Å². The molecular formula is C11H13BrO3. The van der Waals surface area contributed by atoms with Crippen LogP contribution in [0.1, 0.15) is 11.5 Å². The number of ether oxygens (including phenoxy) is 3. The Balaban J connectivity index is 2.22. The predicted molar refractivity (Wildman–Crippen MR) is 60.2 cm³/mol. The Bertz CT molecular complexity index is 335. The quantitative estimate of drug-likeness (QED) is 0.828. The standard InChI is InChI=1S/C11H13BrO3/c1-13-11-3-8(2-10(12)4-11)9-5-14-7-15-6-9/h2-4,9H,5-7H2,1H3. The van der Waals surface area contributed by atoms with Gasteiger partial charge in [0.05, 0.1) is 20.3 Å². The zero-order valence-corrected chi connectivity index (χ0v) is 10.1. The third kappa shape index (κ3) is 2.71. The van der Waals surface area contributed by atoms with Crippen LogP contribution in [0, 0.1) is 0 Å². The molecule has 0 spiro atoms. The number of methoxy groups -OCH3 is 1. The summed E-state index contributed by atoms with van der Waals surface area (Å²) in [5.41, 5.74) is 1.18. The summed E-state index contributed by atoms with van der Waals surface area (Å²) in [6.07, 6.45) is 0. The van der Waals surface area contributed by atoms with Gasteiger partial charge < -0.3 is 14.2 Å². The van der Waals surface area contributed by atoms with E-state index in [1.54, 1.807) is 7.11 Å². The SMILES string of the molecule is COc1cc(Br)cc(C2COCOC2)c1. The number of hydrogen-bond donors (Lipinski definition) is 0. The lowest BCUT2D eigenvalue weighted by Crippen LogP contribution is -2.22. The molecule has 0 atom stereocenters. The van der Waals surface area contributed by atoms with Crippen LogP contribution in [0.25, 0.3) is 0 Å². The second kappa shape index (κ2) is 4.96. The summed E-state index contributed by atoms with van der Waals surface area (Å²) in [5, 5.41) is 0. The van der Waals surface area contributed by atoms with Gasteiger partial charge in [-0.15, -0.1) is 0 Å². The van der Waals surface area contributed by atoms with Crippen LogP contribution in [0.2, 0.25) is 0 Å². The van der Waals surface area contributed by atoms with Crippen LogP contribution in [0.15, 0.2) is 22.7 Å². The second-order valence-electron chi connectivity index (χ2n) is 3.48. The maximum atomic E-state index is 5.27. The summed E-state index contributed by atoms with van der Waals surface area (Å²) in [4.78, 5) is 0. The molecule has 1 aromatic carbocycles. The minimum atomic E-state index is 0.296. The van der Waals surface area contributed by atoms with Crippen LogP contribution < -0.4 is 4.74 Å². The molecule has 0 unspecified atom stereocenters. The van der Waals surface area contributed by atoms with Gasteiger partial charge in [0.15, 0.2) is 0 Å². The van der Waals surface area contributed by atoms with E-state index in [4.69, 9.17) is 14.2 Å². The Hall–Kier alpha value is -0.580. The fraction of sp³-hybridized carbons (Fsp3) is 0.455. The van der Waals surface area contributed by atoms with Gasteiger partial charge in [0, 0.05) is 10.4 Å². The molecular weight excluding hydrogens is 260 g/mol. The molecule has 0 N–H and O–H groups in total. The van der Waals surface area contributed by atoms with Crippen LogP contribution in [-0.4, -0.2) is 27.1 Å². The maximum Gasteiger partial charge on any atom is 0.146 e. The Morgan fingerprint density at radius 3 is 2.67 bits per heavy atom. The normalized spacial score (nSPS) is 17.7. The third-order valence-electron chi connectivity index (χ3n) is 2.41. The summed E-state index contributed by atoms with van der Waals surface area (Å²) in [6, 6.07) is 6.03. The van der Waals surface area contributed by atoms with Crippen molar-refractivity contribution in [3.8, 4) is 5.75 Å². The van der Waals surface area contributed by atoms with Gasteiger partial charge >= 0.3 is 0 Å². The molecule has 0 aromatic heterocycles. The van der Waals surface area contributed by atoms with E-state index in [-0.39, 0.29) is 0 Å². The fourth-order valence-corrected chi connectivity index (χ4v) is 2.11. The molecule has 1 aliphatic rings. The number of rotatable bonds is 2. The van der Waals surface area contributed by atoms with Crippen molar-refractivity contribution >= 4 is 15.9 Å². The summed E-state index contributed by atoms with van der Waals surface area (Å²) < 4.78 is 16.8. The van der Waals surface area contributed by atoms with Gasteiger partial charge in [-0.2, -0.15) is 0 Å². The second-order valence-corrected chi connectivity index (χ2v) is 4.40. The molecule has 1 heterocycles. The van der Waals surface area contributed by atoms with E-state index in [9.17, 15) is 0 Å². The minimum Gasteiger partial charge on any atom is -0.497 e. The summed E-state index contributed by atoms with van der Waals surface area (Å²) in [5.74, 6) is 1.15. The third-order valence-corrected chi connectivity index (χ3v) is 2.86. The summed E-state index contributed by atoms with van der Waals surface area (Å²) >= 11 is 3.46. The average molecular weight is 273 g/mol. The highest BCUT2D eigenvalue weighted by Crippen LogP contribution is 2.27. The smallest absolute Gasteiger partial charge is 0.146 e. The Morgan fingerprint density at radius 2 is 2.00 bits per heavy atom. The largest absolute Gasteiger partial charge is 0.497 e. The number of halogens is 1. The predicted octanol–water partition coefficient (Wildman–Crippen LogP) is 2.55. The van der Waals surface area contributed by atoms with E-state index in [0.717, 1.165) is 10.2 Å². The Labute approximate surface area is 97.5 Å². The van der Waals surface area contributed by atoms with Crippen molar-refractivity contribution in [2.45, 2.75) is 5.92 Å². The molecule has 0 aliphatic carbocycles. The van der Waals surface area contributed by atoms with E-state index in [0.29, 0.717) is 25.9 Å².